The van der Waals surface area contributed by atoms with E-state index in [4.69, 9.17) is 9.72 Å². The molecular weight excluding hydrogens is 420 g/mol. The van der Waals surface area contributed by atoms with Gasteiger partial charge in [-0.05, 0) is 32.8 Å². The van der Waals surface area contributed by atoms with Crippen LogP contribution in [0.3, 0.4) is 0 Å². The predicted octanol–water partition coefficient (Wildman–Crippen LogP) is 4.30. The summed E-state index contributed by atoms with van der Waals surface area (Å²) in [7, 11) is 1.52. The van der Waals surface area contributed by atoms with E-state index in [1.165, 1.54) is 7.11 Å². The van der Waals surface area contributed by atoms with Crippen LogP contribution in [0.1, 0.15) is 58.9 Å². The van der Waals surface area contributed by atoms with Crippen LogP contribution in [-0.2, 0) is 13.1 Å². The molecule has 0 saturated heterocycles. The average Bonchev–Trinajstić information content (AvgIpc) is 3.19. The molecule has 1 atom stereocenters. The minimum atomic E-state index is -0.936. The lowest BCUT2D eigenvalue weighted by molar-refractivity contribution is 0.0577. The average molecular weight is 457 g/mol. The molecule has 3 rings (SSSR count). The first-order valence-corrected chi connectivity index (χ1v) is 11.6. The van der Waals surface area contributed by atoms with Crippen molar-refractivity contribution in [1.82, 2.24) is 19.5 Å². The maximum absolute atomic E-state index is 10.5. The number of fused-ring (bicyclic) bond motifs is 1. The van der Waals surface area contributed by atoms with Crippen LogP contribution in [0, 0.1) is 0 Å². The van der Waals surface area contributed by atoms with E-state index in [1.807, 2.05) is 23.6 Å². The van der Waals surface area contributed by atoms with Gasteiger partial charge < -0.3 is 30.2 Å². The monoisotopic (exact) mass is 456 g/mol. The zero-order valence-corrected chi connectivity index (χ0v) is 20.2. The van der Waals surface area contributed by atoms with Gasteiger partial charge >= 0.3 is 0 Å². The van der Waals surface area contributed by atoms with Crippen molar-refractivity contribution in [3.63, 3.8) is 0 Å². The number of aliphatic hydroxyl groups is 1. The van der Waals surface area contributed by atoms with Gasteiger partial charge in [-0.15, -0.1) is 0 Å². The number of aromatic nitrogens is 4. The van der Waals surface area contributed by atoms with Crippen LogP contribution < -0.4 is 15.4 Å². The molecule has 1 aromatic carbocycles. The van der Waals surface area contributed by atoms with Crippen LogP contribution in [0.2, 0.25) is 0 Å². The van der Waals surface area contributed by atoms with Crippen molar-refractivity contribution in [2.24, 2.45) is 0 Å². The van der Waals surface area contributed by atoms with Crippen LogP contribution in [0.15, 0.2) is 24.5 Å². The molecule has 0 spiro atoms. The normalized spacial score (nSPS) is 12.7. The number of para-hydroxylation sites is 1. The second kappa shape index (κ2) is 10.7. The SMILES string of the molecule is CCCCCn1cnc2c(NCc3cccc(OC)c3O)nc(NC(CC)C(C)(C)O)nc21. The van der Waals surface area contributed by atoms with E-state index < -0.39 is 5.60 Å². The molecule has 2 heterocycles. The van der Waals surface area contributed by atoms with E-state index >= 15 is 0 Å². The maximum atomic E-state index is 10.5. The van der Waals surface area contributed by atoms with Crippen LogP contribution in [0.4, 0.5) is 11.8 Å². The first kappa shape index (κ1) is 24.6. The summed E-state index contributed by atoms with van der Waals surface area (Å²) in [5.41, 5.74) is 1.14. The molecule has 0 aliphatic rings. The number of imidazole rings is 1. The van der Waals surface area contributed by atoms with Crippen LogP contribution in [-0.4, -0.2) is 48.5 Å². The molecule has 0 bridgehead atoms. The molecular formula is C24H36N6O3. The summed E-state index contributed by atoms with van der Waals surface area (Å²) >= 11 is 0. The van der Waals surface area contributed by atoms with E-state index in [1.54, 1.807) is 26.2 Å². The van der Waals surface area contributed by atoms with Gasteiger partial charge in [-0.2, -0.15) is 9.97 Å². The van der Waals surface area contributed by atoms with E-state index in [0.29, 0.717) is 41.6 Å². The lowest BCUT2D eigenvalue weighted by Gasteiger charge is -2.29. The summed E-state index contributed by atoms with van der Waals surface area (Å²) in [6, 6.07) is 5.15. The highest BCUT2D eigenvalue weighted by Crippen LogP contribution is 2.30. The summed E-state index contributed by atoms with van der Waals surface area (Å²) in [5, 5.41) is 27.6. The van der Waals surface area contributed by atoms with Gasteiger partial charge in [0.1, 0.15) is 0 Å². The number of ether oxygens (including phenoxy) is 1. The van der Waals surface area contributed by atoms with Crippen molar-refractivity contribution in [3.8, 4) is 11.5 Å². The van der Waals surface area contributed by atoms with Crippen molar-refractivity contribution < 1.29 is 14.9 Å². The van der Waals surface area contributed by atoms with E-state index in [9.17, 15) is 10.2 Å². The zero-order chi connectivity index (χ0) is 24.0. The Morgan fingerprint density at radius 3 is 2.64 bits per heavy atom. The fraction of sp³-hybridized carbons (Fsp3) is 0.542. The molecule has 0 radical (unpaired) electrons. The lowest BCUT2D eigenvalue weighted by atomic mass is 9.97. The quantitative estimate of drug-likeness (QED) is 0.298. The summed E-state index contributed by atoms with van der Waals surface area (Å²) in [6.07, 6.45) is 5.81. The second-order valence-corrected chi connectivity index (χ2v) is 8.79. The lowest BCUT2D eigenvalue weighted by Crippen LogP contribution is -2.41. The molecule has 3 aromatic rings. The molecule has 180 valence electrons. The molecule has 0 saturated carbocycles. The summed E-state index contributed by atoms with van der Waals surface area (Å²) < 4.78 is 7.25. The Bertz CT molecular complexity index is 1060. The third-order valence-corrected chi connectivity index (χ3v) is 5.78. The smallest absolute Gasteiger partial charge is 0.227 e. The molecule has 4 N–H and O–H groups in total. The maximum Gasteiger partial charge on any atom is 0.227 e. The van der Waals surface area contributed by atoms with E-state index in [0.717, 1.165) is 31.5 Å². The first-order chi connectivity index (χ1) is 15.8. The number of nitrogens with zero attached hydrogens (tertiary/aromatic N) is 4. The molecule has 9 heteroatoms. The minimum Gasteiger partial charge on any atom is -0.504 e. The number of hydrogen-bond acceptors (Lipinski definition) is 8. The highest BCUT2D eigenvalue weighted by molar-refractivity contribution is 5.84. The van der Waals surface area contributed by atoms with Crippen molar-refractivity contribution >= 4 is 22.9 Å². The number of rotatable bonds is 12. The number of anilines is 2. The van der Waals surface area contributed by atoms with Gasteiger partial charge in [-0.1, -0.05) is 38.8 Å². The number of unbranched alkanes of at least 4 members (excludes halogenated alkanes) is 2. The predicted molar refractivity (Wildman–Crippen MR) is 131 cm³/mol. The van der Waals surface area contributed by atoms with Gasteiger partial charge in [-0.3, -0.25) is 0 Å². The van der Waals surface area contributed by atoms with Gasteiger partial charge in [-0.25, -0.2) is 4.98 Å². The summed E-state index contributed by atoms with van der Waals surface area (Å²) in [4.78, 5) is 14.0. The van der Waals surface area contributed by atoms with Crippen molar-refractivity contribution in [1.29, 1.82) is 0 Å². The van der Waals surface area contributed by atoms with Gasteiger partial charge in [0, 0.05) is 18.7 Å². The second-order valence-electron chi connectivity index (χ2n) is 8.79. The zero-order valence-electron chi connectivity index (χ0n) is 20.2. The van der Waals surface area contributed by atoms with Gasteiger partial charge in [0.05, 0.1) is 25.1 Å². The molecule has 0 amide bonds. The van der Waals surface area contributed by atoms with Gasteiger partial charge in [0.15, 0.2) is 28.5 Å². The molecule has 2 aromatic heterocycles. The Kier molecular flexibility index (Phi) is 7.97. The minimum absolute atomic E-state index is 0.0920. The number of nitrogens with one attached hydrogen (secondary N) is 2. The topological polar surface area (TPSA) is 117 Å². The first-order valence-electron chi connectivity index (χ1n) is 11.6. The summed E-state index contributed by atoms with van der Waals surface area (Å²) in [6.45, 7) is 8.88. The largest absolute Gasteiger partial charge is 0.504 e. The van der Waals surface area contributed by atoms with Gasteiger partial charge in [0.2, 0.25) is 5.95 Å². The Balaban J connectivity index is 1.96. The van der Waals surface area contributed by atoms with Crippen molar-refractivity contribution in [3.05, 3.63) is 30.1 Å². The molecule has 0 aliphatic heterocycles. The standard InChI is InChI=1S/C24H36N6O3/c1-6-8-9-13-30-15-26-19-21(25-14-16-11-10-12-17(33-5)20(16)31)28-23(29-22(19)30)27-18(7-2)24(3,4)32/h10-12,15,18,31-32H,6-9,13-14H2,1-5H3,(H2,25,27,28,29). The molecule has 0 fully saturated rings. The van der Waals surface area contributed by atoms with Crippen molar-refractivity contribution in [2.45, 2.75) is 78.1 Å². The van der Waals surface area contributed by atoms with E-state index in [2.05, 4.69) is 27.5 Å². The van der Waals surface area contributed by atoms with Crippen molar-refractivity contribution in [2.75, 3.05) is 17.7 Å². The van der Waals surface area contributed by atoms with E-state index in [-0.39, 0.29) is 11.8 Å². The number of phenolic OH excluding ortho intramolecular Hbond substituents is 1. The molecule has 33 heavy (non-hydrogen) atoms. The number of aromatic hydroxyl groups is 1. The Morgan fingerprint density at radius 1 is 1.18 bits per heavy atom. The highest BCUT2D eigenvalue weighted by Gasteiger charge is 2.26. The number of aryl methyl sites for hydroxylation is 1. The molecule has 9 nitrogen and oxygen atoms in total. The number of phenols is 1. The number of hydrogen-bond donors (Lipinski definition) is 4. The van der Waals surface area contributed by atoms with Crippen LogP contribution in [0.25, 0.3) is 11.2 Å². The third kappa shape index (κ3) is 5.84. The third-order valence-electron chi connectivity index (χ3n) is 5.78. The fourth-order valence-electron chi connectivity index (χ4n) is 3.82. The molecule has 1 unspecified atom stereocenters. The Hall–Kier alpha value is -3.07. The number of methoxy groups -OCH3 is 1. The van der Waals surface area contributed by atoms with Gasteiger partial charge in [0.25, 0.3) is 0 Å². The van der Waals surface area contributed by atoms with Crippen LogP contribution in [0.5, 0.6) is 11.5 Å². The number of benzene rings is 1. The van der Waals surface area contributed by atoms with Crippen LogP contribution >= 0.6 is 0 Å². The highest BCUT2D eigenvalue weighted by atomic mass is 16.5. The Morgan fingerprint density at radius 2 is 1.97 bits per heavy atom. The Labute approximate surface area is 195 Å². The fourth-order valence-corrected chi connectivity index (χ4v) is 3.82. The summed E-state index contributed by atoms with van der Waals surface area (Å²) in [5.74, 6) is 1.49. The molecule has 0 aliphatic carbocycles.